The highest BCUT2D eigenvalue weighted by molar-refractivity contribution is 9.10. The number of benzene rings is 2. The average molecular weight is 464 g/mol. The number of nitrogens with zero attached hydrogens (tertiary/aromatic N) is 2. The van der Waals surface area contributed by atoms with Crippen LogP contribution in [0.1, 0.15) is 5.56 Å². The van der Waals surface area contributed by atoms with Crippen molar-refractivity contribution in [3.8, 4) is 0 Å². The van der Waals surface area contributed by atoms with Crippen molar-refractivity contribution in [3.63, 3.8) is 0 Å². The van der Waals surface area contributed by atoms with Crippen LogP contribution in [0, 0.1) is 0 Å². The summed E-state index contributed by atoms with van der Waals surface area (Å²) in [6.07, 6.45) is 1.91. The van der Waals surface area contributed by atoms with Gasteiger partial charge in [-0.2, -0.15) is 4.73 Å². The van der Waals surface area contributed by atoms with E-state index in [0.29, 0.717) is 4.47 Å². The highest BCUT2D eigenvalue weighted by atomic mass is 79.9. The minimum atomic E-state index is -3.58. The normalized spacial score (nSPS) is 15.8. The lowest BCUT2D eigenvalue weighted by atomic mass is 10.1. The van der Waals surface area contributed by atoms with Gasteiger partial charge in [0.25, 0.3) is 0 Å². The minimum Gasteiger partial charge on any atom is -0.397 e. The number of para-hydroxylation sites is 1. The van der Waals surface area contributed by atoms with E-state index < -0.39 is 15.8 Å². The Morgan fingerprint density at radius 2 is 1.75 bits per heavy atom. The van der Waals surface area contributed by atoms with Crippen molar-refractivity contribution >= 4 is 36.7 Å². The second kappa shape index (κ2) is 8.24. The molecule has 0 spiro atoms. The van der Waals surface area contributed by atoms with Gasteiger partial charge in [0.1, 0.15) is 0 Å². The summed E-state index contributed by atoms with van der Waals surface area (Å²) in [5.74, 6) is -0.429. The summed E-state index contributed by atoms with van der Waals surface area (Å²) >= 11 is 3.31. The molecular weight excluding hydrogens is 442 g/mol. The van der Waals surface area contributed by atoms with Crippen LogP contribution in [0.3, 0.4) is 0 Å². The predicted molar refractivity (Wildman–Crippen MR) is 113 cm³/mol. The van der Waals surface area contributed by atoms with Gasteiger partial charge in [-0.05, 0) is 39.7 Å². The minimum absolute atomic E-state index is 0.229. The summed E-state index contributed by atoms with van der Waals surface area (Å²) < 4.78 is 27.5. The molecule has 2 aromatic carbocycles. The molecule has 0 aliphatic carbocycles. The first-order chi connectivity index (χ1) is 13.5. The molecule has 8 heteroatoms. The molecule has 1 aliphatic heterocycles. The van der Waals surface area contributed by atoms with Gasteiger partial charge in [-0.25, -0.2) is 8.42 Å². The molecule has 3 aromatic rings. The summed E-state index contributed by atoms with van der Waals surface area (Å²) in [7, 11) is -3.58. The molecule has 28 heavy (non-hydrogen) atoms. The van der Waals surface area contributed by atoms with E-state index in [4.69, 9.17) is 4.84 Å². The number of aromatic nitrogens is 1. The first kappa shape index (κ1) is 19.4. The molecule has 6 nitrogen and oxygen atoms in total. The number of sulfone groups is 1. The molecule has 2 heterocycles. The molecule has 1 saturated heterocycles. The third kappa shape index (κ3) is 4.10. The van der Waals surface area contributed by atoms with Gasteiger partial charge in [-0.15, -0.1) is 0 Å². The lowest BCUT2D eigenvalue weighted by molar-refractivity contribution is 0.158. The van der Waals surface area contributed by atoms with Crippen molar-refractivity contribution in [2.75, 3.05) is 32.1 Å². The zero-order valence-electron chi connectivity index (χ0n) is 15.3. The van der Waals surface area contributed by atoms with Gasteiger partial charge < -0.3 is 10.2 Å². The number of rotatable bonds is 6. The van der Waals surface area contributed by atoms with Crippen molar-refractivity contribution in [3.05, 3.63) is 64.8 Å². The molecule has 1 aromatic heterocycles. The van der Waals surface area contributed by atoms with Crippen LogP contribution in [-0.2, 0) is 16.4 Å². The first-order valence-electron chi connectivity index (χ1n) is 9.17. The van der Waals surface area contributed by atoms with Gasteiger partial charge >= 0.3 is 0 Å². The number of hydrogen-bond donors (Lipinski definition) is 1. The van der Waals surface area contributed by atoms with Crippen LogP contribution in [0.2, 0.25) is 0 Å². The van der Waals surface area contributed by atoms with Crippen LogP contribution in [0.15, 0.2) is 64.1 Å². The van der Waals surface area contributed by atoms with Crippen LogP contribution < -0.4 is 10.2 Å². The number of hydrogen-bond acceptors (Lipinski definition) is 5. The first-order valence-corrected chi connectivity index (χ1v) is 11.6. The fraction of sp³-hybridized carbons (Fsp3) is 0.300. The Morgan fingerprint density at radius 1 is 1.04 bits per heavy atom. The van der Waals surface area contributed by atoms with Gasteiger partial charge in [0.2, 0.25) is 15.8 Å². The smallest absolute Gasteiger partial charge is 0.219 e. The maximum absolute atomic E-state index is 12.7. The number of nitrogens with one attached hydrogen (secondary N) is 1. The van der Waals surface area contributed by atoms with Crippen molar-refractivity contribution in [1.82, 2.24) is 14.9 Å². The largest absolute Gasteiger partial charge is 0.397 e. The Balaban J connectivity index is 1.58. The van der Waals surface area contributed by atoms with Crippen molar-refractivity contribution in [1.29, 1.82) is 0 Å². The van der Waals surface area contributed by atoms with E-state index in [-0.39, 0.29) is 4.90 Å². The number of piperazine rings is 1. The fourth-order valence-corrected chi connectivity index (χ4v) is 5.50. The van der Waals surface area contributed by atoms with E-state index in [1.807, 2.05) is 24.4 Å². The summed E-state index contributed by atoms with van der Waals surface area (Å²) in [6, 6.07) is 14.7. The Bertz CT molecular complexity index is 1080. The Kier molecular flexibility index (Phi) is 5.73. The lowest BCUT2D eigenvalue weighted by Gasteiger charge is -2.26. The van der Waals surface area contributed by atoms with Gasteiger partial charge in [0.15, 0.2) is 0 Å². The summed E-state index contributed by atoms with van der Waals surface area (Å²) in [4.78, 5) is 8.36. The van der Waals surface area contributed by atoms with Gasteiger partial charge in [0.05, 0.1) is 10.4 Å². The fourth-order valence-electron chi connectivity index (χ4n) is 3.45. The molecule has 1 aliphatic rings. The van der Waals surface area contributed by atoms with E-state index in [9.17, 15) is 8.42 Å². The maximum atomic E-state index is 12.7. The standard InChI is InChI=1S/C20H22BrN3O3S/c21-18-6-2-4-8-20(18)28(25,26)15-27-24-14-16(13-23-11-9-22-10-12-23)17-5-1-3-7-19(17)24/h1-8,14,22H,9-13,15H2. The van der Waals surface area contributed by atoms with Crippen LogP contribution in [0.5, 0.6) is 0 Å². The van der Waals surface area contributed by atoms with Gasteiger partial charge in [0, 0.05) is 48.8 Å². The Hall–Kier alpha value is -1.87. The average Bonchev–Trinajstić information content (AvgIpc) is 3.05. The number of halogens is 1. The highest BCUT2D eigenvalue weighted by Crippen LogP contribution is 2.24. The molecule has 1 N–H and O–H groups in total. The van der Waals surface area contributed by atoms with Crippen molar-refractivity contribution < 1.29 is 13.3 Å². The Morgan fingerprint density at radius 3 is 2.54 bits per heavy atom. The number of fused-ring (bicyclic) bond motifs is 1. The summed E-state index contributed by atoms with van der Waals surface area (Å²) in [6.45, 7) is 4.78. The molecule has 0 saturated carbocycles. The van der Waals surface area contributed by atoms with Crippen LogP contribution in [-0.4, -0.2) is 50.2 Å². The Labute approximate surface area is 173 Å². The van der Waals surface area contributed by atoms with Crippen LogP contribution in [0.25, 0.3) is 10.9 Å². The second-order valence-electron chi connectivity index (χ2n) is 6.82. The SMILES string of the molecule is O=S(=O)(COn1cc(CN2CCNCC2)c2ccccc21)c1ccccc1Br. The van der Waals surface area contributed by atoms with Crippen LogP contribution in [0.4, 0.5) is 0 Å². The topological polar surface area (TPSA) is 63.6 Å². The zero-order valence-corrected chi connectivity index (χ0v) is 17.7. The monoisotopic (exact) mass is 463 g/mol. The van der Waals surface area contributed by atoms with E-state index in [1.54, 1.807) is 29.0 Å². The molecule has 0 unspecified atom stereocenters. The van der Waals surface area contributed by atoms with Crippen molar-refractivity contribution in [2.24, 2.45) is 0 Å². The molecule has 1 fully saturated rings. The lowest BCUT2D eigenvalue weighted by Crippen LogP contribution is -2.42. The molecule has 0 radical (unpaired) electrons. The quantitative estimate of drug-likeness (QED) is 0.608. The van der Waals surface area contributed by atoms with E-state index in [1.165, 1.54) is 0 Å². The van der Waals surface area contributed by atoms with Crippen molar-refractivity contribution in [2.45, 2.75) is 11.4 Å². The molecule has 148 valence electrons. The molecule has 0 amide bonds. The second-order valence-corrected chi connectivity index (χ2v) is 9.57. The van der Waals surface area contributed by atoms with E-state index in [0.717, 1.165) is 49.2 Å². The maximum Gasteiger partial charge on any atom is 0.219 e. The third-order valence-corrected chi connectivity index (χ3v) is 7.28. The van der Waals surface area contributed by atoms with Gasteiger partial charge in [-0.1, -0.05) is 30.3 Å². The van der Waals surface area contributed by atoms with E-state index >= 15 is 0 Å². The third-order valence-electron chi connectivity index (χ3n) is 4.88. The van der Waals surface area contributed by atoms with Gasteiger partial charge in [-0.3, -0.25) is 4.90 Å². The molecule has 0 bridgehead atoms. The highest BCUT2D eigenvalue weighted by Gasteiger charge is 2.20. The van der Waals surface area contributed by atoms with E-state index in [2.05, 4.69) is 32.2 Å². The molecular formula is C20H22BrN3O3S. The molecule has 4 rings (SSSR count). The predicted octanol–water partition coefficient (Wildman–Crippen LogP) is 2.67. The van der Waals surface area contributed by atoms with Crippen LogP contribution >= 0.6 is 15.9 Å². The summed E-state index contributed by atoms with van der Waals surface area (Å²) in [5, 5.41) is 4.44. The molecule has 0 atom stereocenters. The summed E-state index contributed by atoms with van der Waals surface area (Å²) in [5.41, 5.74) is 2.01. The zero-order chi connectivity index (χ0) is 19.6.